The van der Waals surface area contributed by atoms with Gasteiger partial charge in [0.05, 0.1) is 12.1 Å². The molecule has 0 unspecified atom stereocenters. The van der Waals surface area contributed by atoms with E-state index in [1.54, 1.807) is 24.3 Å². The number of hydrogen-bond acceptors (Lipinski definition) is 4. The Labute approximate surface area is 143 Å². The normalized spacial score (nSPS) is 17.0. The molecule has 2 aromatic carbocycles. The van der Waals surface area contributed by atoms with Crippen LogP contribution in [0.2, 0.25) is 0 Å². The highest BCUT2D eigenvalue weighted by Crippen LogP contribution is 2.22. The molecule has 0 aliphatic carbocycles. The van der Waals surface area contributed by atoms with E-state index in [1.807, 2.05) is 6.92 Å². The Morgan fingerprint density at radius 2 is 1.72 bits per heavy atom. The summed E-state index contributed by atoms with van der Waals surface area (Å²) in [5.74, 6) is -1.78. The number of carbonyl (C=O) groups excluding carboxylic acids is 3. The van der Waals surface area contributed by atoms with E-state index in [4.69, 9.17) is 0 Å². The van der Waals surface area contributed by atoms with Crippen molar-refractivity contribution in [1.82, 2.24) is 10.9 Å². The third kappa shape index (κ3) is 3.56. The van der Waals surface area contributed by atoms with Gasteiger partial charge < -0.3 is 0 Å². The Bertz CT molecular complexity index is 818. The van der Waals surface area contributed by atoms with Crippen molar-refractivity contribution in [2.24, 2.45) is 0 Å². The minimum Gasteiger partial charge on any atom is -0.287 e. The van der Waals surface area contributed by atoms with Gasteiger partial charge in [0.25, 0.3) is 11.8 Å². The molecule has 0 spiro atoms. The number of hydrazine groups is 1. The molecule has 1 heterocycles. The van der Waals surface area contributed by atoms with Crippen molar-refractivity contribution in [3.63, 3.8) is 0 Å². The first-order valence-electron chi connectivity index (χ1n) is 7.70. The molecule has 3 rings (SSSR count). The van der Waals surface area contributed by atoms with E-state index in [0.29, 0.717) is 11.3 Å². The van der Waals surface area contributed by atoms with Crippen LogP contribution in [-0.2, 0) is 9.59 Å². The van der Waals surface area contributed by atoms with Gasteiger partial charge in [0.1, 0.15) is 11.9 Å². The highest BCUT2D eigenvalue weighted by Gasteiger charge is 2.39. The van der Waals surface area contributed by atoms with Crippen molar-refractivity contribution in [3.8, 4) is 0 Å². The van der Waals surface area contributed by atoms with Crippen molar-refractivity contribution in [2.75, 3.05) is 4.90 Å². The summed E-state index contributed by atoms with van der Waals surface area (Å²) in [5, 5.41) is 0. The van der Waals surface area contributed by atoms with Crippen molar-refractivity contribution in [2.45, 2.75) is 19.4 Å². The van der Waals surface area contributed by atoms with Crippen LogP contribution in [0, 0.1) is 12.7 Å². The molecule has 2 aromatic rings. The molecule has 7 heteroatoms. The average molecular weight is 341 g/mol. The summed E-state index contributed by atoms with van der Waals surface area (Å²) < 4.78 is 13.0. The predicted octanol–water partition coefficient (Wildman–Crippen LogP) is 1.70. The zero-order valence-electron chi connectivity index (χ0n) is 13.5. The summed E-state index contributed by atoms with van der Waals surface area (Å²) in [6.07, 6.45) is -0.0929. The molecule has 1 saturated heterocycles. The van der Waals surface area contributed by atoms with E-state index < -0.39 is 29.6 Å². The fourth-order valence-electron chi connectivity index (χ4n) is 2.54. The second-order valence-corrected chi connectivity index (χ2v) is 5.77. The average Bonchev–Trinajstić information content (AvgIpc) is 2.88. The van der Waals surface area contributed by atoms with Crippen LogP contribution in [0.4, 0.5) is 10.1 Å². The lowest BCUT2D eigenvalue weighted by atomic mass is 10.1. The smallest absolute Gasteiger partial charge is 0.265 e. The lowest BCUT2D eigenvalue weighted by Crippen LogP contribution is -2.48. The van der Waals surface area contributed by atoms with Crippen molar-refractivity contribution < 1.29 is 18.8 Å². The molecule has 1 fully saturated rings. The number of amides is 3. The number of hydrogen-bond donors (Lipinski definition) is 2. The molecule has 0 aromatic heterocycles. The largest absolute Gasteiger partial charge is 0.287 e. The van der Waals surface area contributed by atoms with Crippen LogP contribution >= 0.6 is 0 Å². The summed E-state index contributed by atoms with van der Waals surface area (Å²) in [5.41, 5.74) is 6.80. The van der Waals surface area contributed by atoms with Gasteiger partial charge >= 0.3 is 0 Å². The zero-order chi connectivity index (χ0) is 18.0. The summed E-state index contributed by atoms with van der Waals surface area (Å²) in [6, 6.07) is 11.1. The molecular formula is C18H16FN3O3. The van der Waals surface area contributed by atoms with E-state index >= 15 is 0 Å². The number of aryl methyl sites for hydroxylation is 1. The second kappa shape index (κ2) is 6.82. The SMILES string of the molecule is Cc1ccc(C(=O)NN[C@H]2CC(=O)N(c3ccc(F)cc3)C2=O)cc1. The van der Waals surface area contributed by atoms with E-state index in [0.717, 1.165) is 10.5 Å². The van der Waals surface area contributed by atoms with Gasteiger partial charge in [-0.05, 0) is 43.3 Å². The maximum atomic E-state index is 13.0. The minimum atomic E-state index is -0.869. The molecule has 0 radical (unpaired) electrons. The van der Waals surface area contributed by atoms with Gasteiger partial charge in [-0.3, -0.25) is 19.8 Å². The molecule has 0 saturated carbocycles. The topological polar surface area (TPSA) is 78.5 Å². The highest BCUT2D eigenvalue weighted by molar-refractivity contribution is 6.22. The maximum absolute atomic E-state index is 13.0. The fraction of sp³-hybridized carbons (Fsp3) is 0.167. The molecule has 2 N–H and O–H groups in total. The van der Waals surface area contributed by atoms with Crippen LogP contribution in [0.25, 0.3) is 0 Å². The number of rotatable bonds is 4. The lowest BCUT2D eigenvalue weighted by molar-refractivity contribution is -0.121. The number of anilines is 1. The standard InChI is InChI=1S/C18H16FN3O3/c1-11-2-4-12(5-3-11)17(24)21-20-15-10-16(23)22(18(15)25)14-8-6-13(19)7-9-14/h2-9,15,20H,10H2,1H3,(H,21,24)/t15-/m0/s1. The highest BCUT2D eigenvalue weighted by atomic mass is 19.1. The molecule has 1 aliphatic rings. The Hall–Kier alpha value is -3.06. The molecule has 1 atom stereocenters. The van der Waals surface area contributed by atoms with Crippen LogP contribution in [-0.4, -0.2) is 23.8 Å². The Morgan fingerprint density at radius 3 is 2.36 bits per heavy atom. The molecule has 25 heavy (non-hydrogen) atoms. The summed E-state index contributed by atoms with van der Waals surface area (Å²) >= 11 is 0. The van der Waals surface area contributed by atoms with Gasteiger partial charge in [-0.25, -0.2) is 14.7 Å². The van der Waals surface area contributed by atoms with Gasteiger partial charge in [-0.2, -0.15) is 0 Å². The fourth-order valence-corrected chi connectivity index (χ4v) is 2.54. The third-order valence-corrected chi connectivity index (χ3v) is 3.91. The van der Waals surface area contributed by atoms with Gasteiger partial charge in [0.15, 0.2) is 0 Å². The molecule has 6 nitrogen and oxygen atoms in total. The monoisotopic (exact) mass is 341 g/mol. The number of nitrogens with zero attached hydrogens (tertiary/aromatic N) is 1. The summed E-state index contributed by atoms with van der Waals surface area (Å²) in [7, 11) is 0. The first kappa shape index (κ1) is 16.8. The first-order chi connectivity index (χ1) is 12.0. The number of halogens is 1. The zero-order valence-corrected chi connectivity index (χ0v) is 13.5. The molecular weight excluding hydrogens is 325 g/mol. The minimum absolute atomic E-state index is 0.0929. The Morgan fingerprint density at radius 1 is 1.08 bits per heavy atom. The number of benzene rings is 2. The number of carbonyl (C=O) groups is 3. The third-order valence-electron chi connectivity index (χ3n) is 3.91. The van der Waals surface area contributed by atoms with E-state index in [9.17, 15) is 18.8 Å². The molecule has 128 valence electrons. The van der Waals surface area contributed by atoms with Crippen LogP contribution in [0.15, 0.2) is 48.5 Å². The van der Waals surface area contributed by atoms with Gasteiger partial charge in [-0.1, -0.05) is 17.7 Å². The summed E-state index contributed by atoms with van der Waals surface area (Å²) in [6.45, 7) is 1.91. The van der Waals surface area contributed by atoms with Crippen LogP contribution < -0.4 is 15.8 Å². The predicted molar refractivity (Wildman–Crippen MR) is 89.1 cm³/mol. The van der Waals surface area contributed by atoms with Crippen LogP contribution in [0.3, 0.4) is 0 Å². The summed E-state index contributed by atoms with van der Waals surface area (Å²) in [4.78, 5) is 37.5. The van der Waals surface area contributed by atoms with Crippen LogP contribution in [0.1, 0.15) is 22.3 Å². The van der Waals surface area contributed by atoms with Crippen molar-refractivity contribution >= 4 is 23.4 Å². The number of imide groups is 1. The maximum Gasteiger partial charge on any atom is 0.265 e. The second-order valence-electron chi connectivity index (χ2n) is 5.77. The van der Waals surface area contributed by atoms with E-state index in [-0.39, 0.29) is 6.42 Å². The van der Waals surface area contributed by atoms with E-state index in [2.05, 4.69) is 10.9 Å². The Kier molecular flexibility index (Phi) is 4.58. The quantitative estimate of drug-likeness (QED) is 0.655. The molecule has 3 amide bonds. The van der Waals surface area contributed by atoms with E-state index in [1.165, 1.54) is 24.3 Å². The van der Waals surface area contributed by atoms with Crippen molar-refractivity contribution in [1.29, 1.82) is 0 Å². The Balaban J connectivity index is 1.65. The number of nitrogens with one attached hydrogen (secondary N) is 2. The molecule has 0 bridgehead atoms. The van der Waals surface area contributed by atoms with Gasteiger partial charge in [0, 0.05) is 5.56 Å². The van der Waals surface area contributed by atoms with Crippen molar-refractivity contribution in [3.05, 3.63) is 65.5 Å². The molecule has 1 aliphatic heterocycles. The first-order valence-corrected chi connectivity index (χ1v) is 7.70. The van der Waals surface area contributed by atoms with Gasteiger partial charge in [-0.15, -0.1) is 0 Å². The van der Waals surface area contributed by atoms with Crippen LogP contribution in [0.5, 0.6) is 0 Å². The lowest BCUT2D eigenvalue weighted by Gasteiger charge is -2.16. The van der Waals surface area contributed by atoms with Gasteiger partial charge in [0.2, 0.25) is 5.91 Å².